The van der Waals surface area contributed by atoms with Crippen LogP contribution >= 0.6 is 15.9 Å². The molecular formula is C12H14BrN3O3. The number of hydrogen-bond donors (Lipinski definition) is 1. The topological polar surface area (TPSA) is 71.5 Å². The number of morpholine rings is 1. The molecule has 0 spiro atoms. The van der Waals surface area contributed by atoms with E-state index in [0.29, 0.717) is 23.3 Å². The third-order valence-electron chi connectivity index (χ3n) is 2.90. The van der Waals surface area contributed by atoms with Gasteiger partial charge in [-0.2, -0.15) is 0 Å². The molecule has 0 saturated carbocycles. The molecule has 0 radical (unpaired) electrons. The van der Waals surface area contributed by atoms with Gasteiger partial charge in [-0.1, -0.05) is 0 Å². The number of rotatable bonds is 2. The van der Waals surface area contributed by atoms with Crippen LogP contribution in [0.4, 0.5) is 0 Å². The zero-order valence-electron chi connectivity index (χ0n) is 10.4. The third kappa shape index (κ3) is 2.93. The zero-order chi connectivity index (χ0) is 13.8. The van der Waals surface area contributed by atoms with E-state index in [2.05, 4.69) is 26.2 Å². The van der Waals surface area contributed by atoms with Crippen LogP contribution in [0, 0.1) is 0 Å². The monoisotopic (exact) mass is 327 g/mol. The van der Waals surface area contributed by atoms with E-state index in [-0.39, 0.29) is 18.4 Å². The number of ether oxygens (including phenoxy) is 1. The quantitative estimate of drug-likeness (QED) is 0.855. The third-order valence-corrected chi connectivity index (χ3v) is 3.54. The fourth-order valence-corrected chi connectivity index (χ4v) is 2.33. The lowest BCUT2D eigenvalue weighted by Gasteiger charge is -2.34. The lowest BCUT2D eigenvalue weighted by Crippen LogP contribution is -2.55. The summed E-state index contributed by atoms with van der Waals surface area (Å²) < 4.78 is 5.88. The van der Waals surface area contributed by atoms with Gasteiger partial charge in [-0.3, -0.25) is 9.59 Å². The summed E-state index contributed by atoms with van der Waals surface area (Å²) in [5, 5.41) is 2.54. The minimum Gasteiger partial charge on any atom is -0.377 e. The van der Waals surface area contributed by atoms with Gasteiger partial charge in [0.25, 0.3) is 5.91 Å². The van der Waals surface area contributed by atoms with Gasteiger partial charge in [-0.05, 0) is 28.1 Å². The molecule has 2 heterocycles. The predicted molar refractivity (Wildman–Crippen MR) is 71.6 cm³/mol. The first-order valence-corrected chi connectivity index (χ1v) is 6.65. The van der Waals surface area contributed by atoms with Crippen molar-refractivity contribution < 1.29 is 14.3 Å². The SMILES string of the molecule is CNC(=O)C1COCCN1C(=O)c1ncccc1Br. The van der Waals surface area contributed by atoms with E-state index in [1.54, 1.807) is 18.3 Å². The predicted octanol–water partition coefficient (Wildman–Crippen LogP) is 0.431. The number of nitrogens with zero attached hydrogens (tertiary/aromatic N) is 2. The summed E-state index contributed by atoms with van der Waals surface area (Å²) in [5.74, 6) is -0.510. The molecule has 1 N–H and O–H groups in total. The Morgan fingerprint density at radius 3 is 3.05 bits per heavy atom. The zero-order valence-corrected chi connectivity index (χ0v) is 12.0. The molecule has 1 aromatic heterocycles. The van der Waals surface area contributed by atoms with Crippen LogP contribution in [0.25, 0.3) is 0 Å². The van der Waals surface area contributed by atoms with E-state index in [1.807, 2.05) is 0 Å². The molecule has 6 nitrogen and oxygen atoms in total. The van der Waals surface area contributed by atoms with E-state index < -0.39 is 6.04 Å². The van der Waals surface area contributed by atoms with Gasteiger partial charge in [-0.15, -0.1) is 0 Å². The molecule has 1 atom stereocenters. The van der Waals surface area contributed by atoms with Crippen LogP contribution in [-0.2, 0) is 9.53 Å². The van der Waals surface area contributed by atoms with Crippen molar-refractivity contribution in [1.82, 2.24) is 15.2 Å². The smallest absolute Gasteiger partial charge is 0.274 e. The maximum Gasteiger partial charge on any atom is 0.274 e. The summed E-state index contributed by atoms with van der Waals surface area (Å²) in [4.78, 5) is 29.8. The average Bonchev–Trinajstić information content (AvgIpc) is 2.46. The first-order valence-electron chi connectivity index (χ1n) is 5.86. The Bertz CT molecular complexity index is 495. The fraction of sp³-hybridized carbons (Fsp3) is 0.417. The number of carbonyl (C=O) groups is 2. The average molecular weight is 328 g/mol. The van der Waals surface area contributed by atoms with E-state index in [1.165, 1.54) is 11.9 Å². The van der Waals surface area contributed by atoms with Gasteiger partial charge in [0, 0.05) is 24.3 Å². The molecule has 1 aromatic rings. The summed E-state index contributed by atoms with van der Waals surface area (Å²) in [6, 6.07) is 2.87. The normalized spacial score (nSPS) is 19.1. The highest BCUT2D eigenvalue weighted by Crippen LogP contribution is 2.18. The van der Waals surface area contributed by atoms with E-state index >= 15 is 0 Å². The minimum absolute atomic E-state index is 0.204. The minimum atomic E-state index is -0.611. The highest BCUT2D eigenvalue weighted by Gasteiger charge is 2.33. The molecule has 0 bridgehead atoms. The van der Waals surface area contributed by atoms with Crippen LogP contribution < -0.4 is 5.32 Å². The lowest BCUT2D eigenvalue weighted by atomic mass is 10.2. The molecule has 0 aromatic carbocycles. The van der Waals surface area contributed by atoms with Gasteiger partial charge in [-0.25, -0.2) is 4.98 Å². The van der Waals surface area contributed by atoms with Crippen LogP contribution in [0.15, 0.2) is 22.8 Å². The van der Waals surface area contributed by atoms with Crippen molar-refractivity contribution >= 4 is 27.7 Å². The number of pyridine rings is 1. The summed E-state index contributed by atoms with van der Waals surface area (Å²) in [6.07, 6.45) is 1.55. The maximum atomic E-state index is 12.4. The molecule has 1 unspecified atom stereocenters. The van der Waals surface area contributed by atoms with Gasteiger partial charge in [0.1, 0.15) is 11.7 Å². The summed E-state index contributed by atoms with van der Waals surface area (Å²) in [6.45, 7) is 0.999. The number of likely N-dealkylation sites (N-methyl/N-ethyl adjacent to an activating group) is 1. The molecule has 7 heteroatoms. The van der Waals surface area contributed by atoms with Crippen molar-refractivity contribution in [2.24, 2.45) is 0 Å². The Hall–Kier alpha value is -1.47. The molecule has 1 fully saturated rings. The Morgan fingerprint density at radius 2 is 2.37 bits per heavy atom. The van der Waals surface area contributed by atoms with E-state index in [9.17, 15) is 9.59 Å². The van der Waals surface area contributed by atoms with Gasteiger partial charge in [0.05, 0.1) is 13.2 Å². The Morgan fingerprint density at radius 1 is 1.58 bits per heavy atom. The summed E-state index contributed by atoms with van der Waals surface area (Å²) in [5.41, 5.74) is 0.304. The van der Waals surface area contributed by atoms with E-state index in [4.69, 9.17) is 4.74 Å². The first kappa shape index (κ1) is 14.0. The van der Waals surface area contributed by atoms with Crippen LogP contribution in [0.5, 0.6) is 0 Å². The Labute approximate surface area is 119 Å². The molecule has 102 valence electrons. The standard InChI is InChI=1S/C12H14BrN3O3/c1-14-11(17)9-7-19-6-5-16(9)12(18)10-8(13)3-2-4-15-10/h2-4,9H,5-7H2,1H3,(H,14,17). The van der Waals surface area contributed by atoms with Gasteiger partial charge < -0.3 is 15.0 Å². The Balaban J connectivity index is 2.25. The van der Waals surface area contributed by atoms with Crippen LogP contribution in [-0.4, -0.2) is 54.5 Å². The Kier molecular flexibility index (Phi) is 4.49. The second kappa shape index (κ2) is 6.12. The van der Waals surface area contributed by atoms with E-state index in [0.717, 1.165) is 0 Å². The molecular weight excluding hydrogens is 314 g/mol. The second-order valence-electron chi connectivity index (χ2n) is 4.04. The molecule has 2 amide bonds. The molecule has 1 aliphatic rings. The molecule has 2 rings (SSSR count). The number of nitrogens with one attached hydrogen (secondary N) is 1. The van der Waals surface area contributed by atoms with Crippen LogP contribution in [0.3, 0.4) is 0 Å². The number of amides is 2. The molecule has 19 heavy (non-hydrogen) atoms. The van der Waals surface area contributed by atoms with Crippen molar-refractivity contribution in [3.63, 3.8) is 0 Å². The highest BCUT2D eigenvalue weighted by molar-refractivity contribution is 9.10. The fourth-order valence-electron chi connectivity index (χ4n) is 1.91. The second-order valence-corrected chi connectivity index (χ2v) is 4.89. The van der Waals surface area contributed by atoms with Crippen LogP contribution in [0.2, 0.25) is 0 Å². The number of hydrogen-bond acceptors (Lipinski definition) is 4. The number of aromatic nitrogens is 1. The maximum absolute atomic E-state index is 12.4. The number of halogens is 1. The van der Waals surface area contributed by atoms with Crippen molar-refractivity contribution in [3.8, 4) is 0 Å². The van der Waals surface area contributed by atoms with Crippen LogP contribution in [0.1, 0.15) is 10.5 Å². The molecule has 1 aliphatic heterocycles. The largest absolute Gasteiger partial charge is 0.377 e. The highest BCUT2D eigenvalue weighted by atomic mass is 79.9. The first-order chi connectivity index (χ1) is 9.15. The van der Waals surface area contributed by atoms with Gasteiger partial charge >= 0.3 is 0 Å². The van der Waals surface area contributed by atoms with Crippen molar-refractivity contribution in [3.05, 3.63) is 28.5 Å². The van der Waals surface area contributed by atoms with Gasteiger partial charge in [0.15, 0.2) is 0 Å². The molecule has 1 saturated heterocycles. The van der Waals surface area contributed by atoms with Crippen molar-refractivity contribution in [1.29, 1.82) is 0 Å². The lowest BCUT2D eigenvalue weighted by molar-refractivity contribution is -0.130. The summed E-state index contributed by atoms with van der Waals surface area (Å²) >= 11 is 3.30. The molecule has 0 aliphatic carbocycles. The van der Waals surface area contributed by atoms with Crippen molar-refractivity contribution in [2.75, 3.05) is 26.8 Å². The van der Waals surface area contributed by atoms with Crippen molar-refractivity contribution in [2.45, 2.75) is 6.04 Å². The number of carbonyl (C=O) groups excluding carboxylic acids is 2. The van der Waals surface area contributed by atoms with Gasteiger partial charge in [0.2, 0.25) is 5.91 Å². The summed E-state index contributed by atoms with van der Waals surface area (Å²) in [7, 11) is 1.54.